The molecule has 0 saturated carbocycles. The summed E-state index contributed by atoms with van der Waals surface area (Å²) in [6.07, 6.45) is -4.47. The van der Waals surface area contributed by atoms with Crippen molar-refractivity contribution in [1.29, 1.82) is 0 Å². The maximum Gasteiger partial charge on any atom is 0.342 e. The third-order valence-electron chi connectivity index (χ3n) is 5.48. The number of primary amides is 1. The smallest absolute Gasteiger partial charge is 0.342 e. The van der Waals surface area contributed by atoms with Crippen molar-refractivity contribution in [2.45, 2.75) is 92.0 Å². The van der Waals surface area contributed by atoms with Crippen molar-refractivity contribution >= 4 is 25.5 Å². The molecule has 0 aliphatic carbocycles. The van der Waals surface area contributed by atoms with Gasteiger partial charge in [0.15, 0.2) is 6.23 Å². The molecule has 2 rings (SSSR count). The van der Waals surface area contributed by atoms with Crippen LogP contribution in [0.4, 0.5) is 0 Å². The number of carbonyl (C=O) groups is 3. The van der Waals surface area contributed by atoms with Crippen LogP contribution in [0.1, 0.15) is 72.2 Å². The van der Waals surface area contributed by atoms with Gasteiger partial charge in [-0.3, -0.25) is 18.9 Å². The molecule has 6 atom stereocenters. The highest BCUT2D eigenvalue weighted by Gasteiger charge is 2.46. The van der Waals surface area contributed by atoms with Gasteiger partial charge in [0, 0.05) is 0 Å². The number of carbonyl (C=O) groups excluding carboxylic acids is 3. The van der Waals surface area contributed by atoms with Crippen LogP contribution in [0.15, 0.2) is 6.33 Å². The van der Waals surface area contributed by atoms with E-state index in [1.165, 1.54) is 13.8 Å². The van der Waals surface area contributed by atoms with E-state index >= 15 is 0 Å². The van der Waals surface area contributed by atoms with Crippen molar-refractivity contribution in [1.82, 2.24) is 24.9 Å². The summed E-state index contributed by atoms with van der Waals surface area (Å²) in [5, 5.41) is 30.0. The summed E-state index contributed by atoms with van der Waals surface area (Å²) in [5.74, 6) is -2.65. The summed E-state index contributed by atoms with van der Waals surface area (Å²) in [7, 11) is -4.24. The predicted octanol–water partition coefficient (Wildman–Crippen LogP) is 0.256. The Balaban J connectivity index is 2.16. The monoisotopic (exact) mass is 606 g/mol. The average molecular weight is 607 g/mol. The van der Waals surface area contributed by atoms with Gasteiger partial charge in [0.25, 0.3) is 5.91 Å². The quantitative estimate of drug-likeness (QED) is 0.150. The zero-order valence-electron chi connectivity index (χ0n) is 24.7. The van der Waals surface area contributed by atoms with Crippen LogP contribution in [0.3, 0.4) is 0 Å². The highest BCUT2D eigenvalue weighted by molar-refractivity contribution is 7.54. The fraction of sp³-hybridized carbons (Fsp3) is 0.792. The van der Waals surface area contributed by atoms with Crippen LogP contribution in [0.25, 0.3) is 0 Å². The van der Waals surface area contributed by atoms with Gasteiger partial charge in [-0.1, -0.05) is 41.5 Å². The third-order valence-corrected chi connectivity index (χ3v) is 7.44. The summed E-state index contributed by atoms with van der Waals surface area (Å²) in [6.45, 7) is 13.7. The second kappa shape index (κ2) is 13.7. The van der Waals surface area contributed by atoms with E-state index in [4.69, 9.17) is 24.5 Å². The molecule has 6 N–H and O–H groups in total. The number of rotatable bonds is 13. The molecule has 0 radical (unpaired) electrons. The molecule has 1 fully saturated rings. The zero-order valence-corrected chi connectivity index (χ0v) is 25.6. The van der Waals surface area contributed by atoms with Gasteiger partial charge in [-0.15, -0.1) is 5.10 Å². The highest BCUT2D eigenvalue weighted by atomic mass is 31.2. The van der Waals surface area contributed by atoms with E-state index in [1.807, 2.05) is 41.5 Å². The largest absolute Gasteiger partial charge is 0.464 e. The maximum atomic E-state index is 13.9. The number of aromatic nitrogens is 3. The van der Waals surface area contributed by atoms with E-state index in [2.05, 4.69) is 20.3 Å². The number of hydrogen-bond acceptors (Lipinski definition) is 12. The second-order valence-electron chi connectivity index (χ2n) is 12.3. The second-order valence-corrected chi connectivity index (χ2v) is 14.2. The van der Waals surface area contributed by atoms with Gasteiger partial charge in [0.1, 0.15) is 36.7 Å². The molecule has 1 aliphatic heterocycles. The Labute approximate surface area is 239 Å². The van der Waals surface area contributed by atoms with Crippen molar-refractivity contribution in [3.63, 3.8) is 0 Å². The molecule has 1 aliphatic rings. The third kappa shape index (κ3) is 10.7. The van der Waals surface area contributed by atoms with Gasteiger partial charge in [0.2, 0.25) is 5.82 Å². The zero-order chi connectivity index (χ0) is 31.3. The fourth-order valence-corrected chi connectivity index (χ4v) is 5.14. The van der Waals surface area contributed by atoms with Crippen LogP contribution in [0.2, 0.25) is 0 Å². The molecule has 0 spiro atoms. The van der Waals surface area contributed by atoms with Crippen molar-refractivity contribution < 1.29 is 47.9 Å². The molecule has 0 bridgehead atoms. The van der Waals surface area contributed by atoms with Crippen LogP contribution < -0.4 is 15.9 Å². The lowest BCUT2D eigenvalue weighted by Gasteiger charge is -2.28. The molecule has 1 amide bonds. The standard InChI is InChI=1S/C24H43N6O10P/c1-13(21(34)37-10-23(3,4)5)28-41(36,29-14(2)22(35)38-11-24(6,7)8)39-9-15-16(31)17(32)20(40-15)30-12-26-19(27-30)18(25)33/h12-17,20,31-32H,9-11H2,1-8H3,(H2,25,33)(H2,28,29,36)/t13-,14-,15+,16+,17+,20+/m0/s1. The Morgan fingerprint density at radius 1 is 1.02 bits per heavy atom. The van der Waals surface area contributed by atoms with Crippen LogP contribution in [-0.2, 0) is 32.9 Å². The Kier molecular flexibility index (Phi) is 11.6. The summed E-state index contributed by atoms with van der Waals surface area (Å²) < 4.78 is 36.7. The molecule has 1 aromatic heterocycles. The molecule has 0 unspecified atom stereocenters. The fourth-order valence-electron chi connectivity index (χ4n) is 3.33. The summed E-state index contributed by atoms with van der Waals surface area (Å²) in [6, 6.07) is -2.27. The molecule has 17 heteroatoms. The Morgan fingerprint density at radius 2 is 1.51 bits per heavy atom. The molecular formula is C24H43N6O10P. The van der Waals surface area contributed by atoms with E-state index in [0.717, 1.165) is 11.0 Å². The molecular weight excluding hydrogens is 563 g/mol. The van der Waals surface area contributed by atoms with E-state index < -0.39 is 68.7 Å². The number of nitrogens with one attached hydrogen (secondary N) is 2. The molecule has 41 heavy (non-hydrogen) atoms. The Bertz CT molecular complexity index is 1080. The summed E-state index contributed by atoms with van der Waals surface area (Å²) in [5.41, 5.74) is 4.53. The molecule has 234 valence electrons. The minimum absolute atomic E-state index is 0.104. The lowest BCUT2D eigenvalue weighted by atomic mass is 9.99. The first kappa shape index (κ1) is 34.7. The number of hydrogen-bond donors (Lipinski definition) is 5. The number of nitrogens with zero attached hydrogens (tertiary/aromatic N) is 3. The van der Waals surface area contributed by atoms with E-state index in [0.29, 0.717) is 0 Å². The number of nitrogens with two attached hydrogens (primary N) is 1. The number of esters is 2. The van der Waals surface area contributed by atoms with Crippen LogP contribution >= 0.6 is 7.67 Å². The van der Waals surface area contributed by atoms with Crippen LogP contribution in [0, 0.1) is 10.8 Å². The normalized spacial score (nSPS) is 23.2. The van der Waals surface area contributed by atoms with Gasteiger partial charge in [-0.2, -0.15) is 0 Å². The van der Waals surface area contributed by atoms with Crippen molar-refractivity contribution in [3.8, 4) is 0 Å². The van der Waals surface area contributed by atoms with Crippen molar-refractivity contribution in [2.24, 2.45) is 16.6 Å². The van der Waals surface area contributed by atoms with Crippen molar-refractivity contribution in [3.05, 3.63) is 12.2 Å². The maximum absolute atomic E-state index is 13.9. The Morgan fingerprint density at radius 3 is 1.93 bits per heavy atom. The first-order chi connectivity index (χ1) is 18.7. The van der Waals surface area contributed by atoms with Crippen LogP contribution in [-0.4, -0.2) is 93.0 Å². The predicted molar refractivity (Wildman–Crippen MR) is 144 cm³/mol. The topological polar surface area (TPSA) is 226 Å². The minimum Gasteiger partial charge on any atom is -0.464 e. The first-order valence-corrected chi connectivity index (χ1v) is 14.7. The van der Waals surface area contributed by atoms with E-state index in [-0.39, 0.29) is 29.9 Å². The van der Waals surface area contributed by atoms with Crippen LogP contribution in [0.5, 0.6) is 0 Å². The Hall–Kier alpha value is -2.46. The van der Waals surface area contributed by atoms with Gasteiger partial charge in [0.05, 0.1) is 19.8 Å². The van der Waals surface area contributed by atoms with E-state index in [9.17, 15) is 29.2 Å². The first-order valence-electron chi connectivity index (χ1n) is 13.1. The lowest BCUT2D eigenvalue weighted by molar-refractivity contribution is -0.148. The lowest BCUT2D eigenvalue weighted by Crippen LogP contribution is -2.44. The molecule has 1 saturated heterocycles. The molecule has 0 aromatic carbocycles. The minimum atomic E-state index is -4.24. The van der Waals surface area contributed by atoms with E-state index in [1.54, 1.807) is 0 Å². The molecule has 2 heterocycles. The number of ether oxygens (including phenoxy) is 3. The average Bonchev–Trinajstić information content (AvgIpc) is 3.44. The highest BCUT2D eigenvalue weighted by Crippen LogP contribution is 2.41. The molecule has 1 aromatic rings. The number of aliphatic hydroxyl groups is 2. The van der Waals surface area contributed by atoms with Crippen molar-refractivity contribution in [2.75, 3.05) is 19.8 Å². The van der Waals surface area contributed by atoms with Gasteiger partial charge >= 0.3 is 19.6 Å². The summed E-state index contributed by atoms with van der Waals surface area (Å²) >= 11 is 0. The molecule has 16 nitrogen and oxygen atoms in total. The van der Waals surface area contributed by atoms with Gasteiger partial charge < -0.3 is 34.7 Å². The SMILES string of the molecule is C[C@H](NP(=O)(N[C@@H](C)C(=O)OCC(C)(C)C)OC[C@H]1O[C@@H](n2cnc(C(N)=O)n2)[C@H](O)[C@@H]1O)C(=O)OCC(C)(C)C. The number of aliphatic hydroxyl groups excluding tert-OH is 2. The van der Waals surface area contributed by atoms with Gasteiger partial charge in [-0.05, 0) is 24.7 Å². The van der Waals surface area contributed by atoms with Gasteiger partial charge in [-0.25, -0.2) is 19.8 Å². The number of amides is 1. The summed E-state index contributed by atoms with van der Waals surface area (Å²) in [4.78, 5) is 40.2.